The molecule has 1 aliphatic rings. The van der Waals surface area contributed by atoms with Crippen LogP contribution in [0.2, 0.25) is 0 Å². The van der Waals surface area contributed by atoms with Crippen molar-refractivity contribution < 1.29 is 8.98 Å². The van der Waals surface area contributed by atoms with Gasteiger partial charge in [0.05, 0.1) is 10.9 Å². The Morgan fingerprint density at radius 1 is 0.929 bits per heavy atom. The number of fused-ring (bicyclic) bond motifs is 6. The van der Waals surface area contributed by atoms with Crippen LogP contribution in [0.25, 0.3) is 42.4 Å². The van der Waals surface area contributed by atoms with Crippen LogP contribution in [0, 0.1) is 27.7 Å². The summed E-state index contributed by atoms with van der Waals surface area (Å²) in [5.74, 6) is 0.983. The summed E-state index contributed by atoms with van der Waals surface area (Å²) in [6.07, 6.45) is 2.21. The molecule has 0 saturated heterocycles. The molecule has 0 spiro atoms. The van der Waals surface area contributed by atoms with E-state index in [-0.39, 0.29) is 0 Å². The molecule has 1 aliphatic heterocycles. The third-order valence-electron chi connectivity index (χ3n) is 6.07. The molecule has 4 heterocycles. The highest BCUT2D eigenvalue weighted by atomic mass is 32.2. The highest BCUT2D eigenvalue weighted by Gasteiger charge is 2.31. The Balaban J connectivity index is 1.86. The van der Waals surface area contributed by atoms with E-state index in [0.717, 1.165) is 10.7 Å². The van der Waals surface area contributed by atoms with E-state index in [9.17, 15) is 0 Å². The predicted molar refractivity (Wildman–Crippen MR) is 119 cm³/mol. The number of benzene rings is 2. The summed E-state index contributed by atoms with van der Waals surface area (Å²) in [6.45, 7) is 8.75. The van der Waals surface area contributed by atoms with Gasteiger partial charge in [-0.05, 0) is 56.5 Å². The second kappa shape index (κ2) is 5.40. The Labute approximate surface area is 171 Å². The lowest BCUT2D eigenvalue weighted by atomic mass is 9.93. The van der Waals surface area contributed by atoms with Crippen molar-refractivity contribution in [3.8, 4) is 11.3 Å². The molecular formula is C24H20NOS2+. The summed E-state index contributed by atoms with van der Waals surface area (Å²) < 4.78 is 9.60. The average molecular weight is 403 g/mol. The van der Waals surface area contributed by atoms with E-state index in [1.807, 2.05) is 18.7 Å². The molecule has 0 amide bonds. The maximum atomic E-state index is 5.97. The second-order valence-corrected chi connectivity index (χ2v) is 9.95. The topological polar surface area (TPSA) is 17.0 Å². The molecular weight excluding hydrogens is 382 g/mol. The number of hydrogen-bond donors (Lipinski definition) is 0. The Morgan fingerprint density at radius 3 is 2.57 bits per heavy atom. The Morgan fingerprint density at radius 2 is 1.75 bits per heavy atom. The number of pyridine rings is 1. The van der Waals surface area contributed by atoms with Gasteiger partial charge in [-0.25, -0.2) is 4.57 Å². The second-order valence-electron chi connectivity index (χ2n) is 7.92. The average Bonchev–Trinajstić information content (AvgIpc) is 3.18. The smallest absolute Gasteiger partial charge is 0.222 e. The van der Waals surface area contributed by atoms with Crippen molar-refractivity contribution in [1.82, 2.24) is 0 Å². The monoisotopic (exact) mass is 402 g/mol. The number of thiophene rings is 1. The zero-order valence-corrected chi connectivity index (χ0v) is 18.2. The van der Waals surface area contributed by atoms with Crippen LogP contribution in [0.15, 0.2) is 44.7 Å². The van der Waals surface area contributed by atoms with E-state index in [4.69, 9.17) is 4.42 Å². The molecule has 0 bridgehead atoms. The summed E-state index contributed by atoms with van der Waals surface area (Å²) in [6, 6.07) is 9.16. The Hall–Kier alpha value is -2.30. The first-order valence-electron chi connectivity index (χ1n) is 9.51. The fraction of sp³-hybridized carbons (Fsp3) is 0.208. The first-order chi connectivity index (χ1) is 13.4. The van der Waals surface area contributed by atoms with Gasteiger partial charge in [-0.1, -0.05) is 29.2 Å². The van der Waals surface area contributed by atoms with Crippen LogP contribution >= 0.6 is 23.1 Å². The van der Waals surface area contributed by atoms with E-state index in [1.54, 1.807) is 11.3 Å². The SMILES string of the molecule is Cc1cc2c(o1)sc1c3cc[n+](C)c4c3c(cc21)Sc1c(C)cc(C)c(C)c1-4. The van der Waals surface area contributed by atoms with E-state index in [0.29, 0.717) is 0 Å². The van der Waals surface area contributed by atoms with E-state index >= 15 is 0 Å². The van der Waals surface area contributed by atoms with Crippen LogP contribution in [0.5, 0.6) is 0 Å². The first-order valence-corrected chi connectivity index (χ1v) is 11.1. The summed E-state index contributed by atoms with van der Waals surface area (Å²) in [5.41, 5.74) is 6.85. The lowest BCUT2D eigenvalue weighted by Gasteiger charge is -2.22. The van der Waals surface area contributed by atoms with Gasteiger partial charge in [0.2, 0.25) is 5.69 Å². The molecule has 0 N–H and O–H groups in total. The Kier molecular flexibility index (Phi) is 3.21. The van der Waals surface area contributed by atoms with Gasteiger partial charge in [0.25, 0.3) is 0 Å². The van der Waals surface area contributed by atoms with Crippen LogP contribution in [-0.2, 0) is 7.05 Å². The maximum absolute atomic E-state index is 5.97. The maximum Gasteiger partial charge on any atom is 0.222 e. The minimum atomic E-state index is 0.983. The summed E-state index contributed by atoms with van der Waals surface area (Å²) in [5, 5.41) is 5.28. The number of aromatic nitrogens is 1. The fourth-order valence-electron chi connectivity index (χ4n) is 4.63. The number of hydrogen-bond acceptors (Lipinski definition) is 3. The van der Waals surface area contributed by atoms with Crippen LogP contribution < -0.4 is 4.57 Å². The highest BCUT2D eigenvalue weighted by molar-refractivity contribution is 7.99. The quantitative estimate of drug-likeness (QED) is 0.255. The molecule has 28 heavy (non-hydrogen) atoms. The number of aryl methyl sites for hydroxylation is 4. The molecule has 0 radical (unpaired) electrons. The number of rotatable bonds is 0. The molecule has 0 atom stereocenters. The fourth-order valence-corrected chi connectivity index (χ4v) is 7.10. The molecule has 0 unspecified atom stereocenters. The largest absolute Gasteiger partial charge is 0.451 e. The Bertz CT molecular complexity index is 1490. The normalized spacial score (nSPS) is 13.0. The van der Waals surface area contributed by atoms with Crippen molar-refractivity contribution in [2.75, 3.05) is 0 Å². The van der Waals surface area contributed by atoms with Crippen molar-refractivity contribution in [3.63, 3.8) is 0 Å². The zero-order chi connectivity index (χ0) is 19.3. The molecule has 6 rings (SSSR count). The van der Waals surface area contributed by atoms with Crippen molar-refractivity contribution in [1.29, 1.82) is 0 Å². The summed E-state index contributed by atoms with van der Waals surface area (Å²) >= 11 is 3.70. The molecule has 0 fully saturated rings. The van der Waals surface area contributed by atoms with Gasteiger partial charge in [-0.3, -0.25) is 0 Å². The molecule has 0 saturated carbocycles. The van der Waals surface area contributed by atoms with Gasteiger partial charge >= 0.3 is 0 Å². The van der Waals surface area contributed by atoms with Gasteiger partial charge in [0.15, 0.2) is 11.1 Å². The molecule has 3 aromatic heterocycles. The lowest BCUT2D eigenvalue weighted by molar-refractivity contribution is -0.659. The number of furan rings is 1. The van der Waals surface area contributed by atoms with Gasteiger partial charge in [0.1, 0.15) is 12.8 Å². The predicted octanol–water partition coefficient (Wildman–Crippen LogP) is 6.99. The van der Waals surface area contributed by atoms with Gasteiger partial charge in [0, 0.05) is 36.7 Å². The van der Waals surface area contributed by atoms with Crippen LogP contribution in [0.3, 0.4) is 0 Å². The summed E-state index contributed by atoms with van der Waals surface area (Å²) in [4.78, 5) is 3.78. The standard InChI is InChI=1S/C24H20NOS2/c1-11-8-12(2)22-19(14(11)4)21-20-15(6-7-25(21)5)23-16(10-18(20)27-22)17-9-13(3)26-24(17)28-23/h6-10H,1-5H3/q+1. The van der Waals surface area contributed by atoms with Crippen LogP contribution in [-0.4, -0.2) is 0 Å². The van der Waals surface area contributed by atoms with Crippen molar-refractivity contribution in [2.45, 2.75) is 37.5 Å². The van der Waals surface area contributed by atoms with E-state index in [2.05, 4.69) is 62.8 Å². The molecule has 2 aromatic carbocycles. The third-order valence-corrected chi connectivity index (χ3v) is 8.48. The molecule has 4 heteroatoms. The van der Waals surface area contributed by atoms with Crippen molar-refractivity contribution in [2.24, 2.45) is 7.05 Å². The lowest BCUT2D eigenvalue weighted by Crippen LogP contribution is -2.32. The van der Waals surface area contributed by atoms with Gasteiger partial charge < -0.3 is 4.42 Å². The molecule has 5 aromatic rings. The van der Waals surface area contributed by atoms with E-state index < -0.39 is 0 Å². The molecule has 138 valence electrons. The summed E-state index contributed by atoms with van der Waals surface area (Å²) in [7, 11) is 2.17. The van der Waals surface area contributed by atoms with Crippen LogP contribution in [0.1, 0.15) is 22.5 Å². The third kappa shape index (κ3) is 1.97. The van der Waals surface area contributed by atoms with E-state index in [1.165, 1.54) is 64.0 Å². The van der Waals surface area contributed by atoms with Gasteiger partial charge in [-0.15, -0.1) is 0 Å². The number of nitrogens with zero attached hydrogens (tertiary/aromatic N) is 1. The first kappa shape index (κ1) is 16.6. The van der Waals surface area contributed by atoms with Gasteiger partial charge in [-0.2, -0.15) is 0 Å². The minimum Gasteiger partial charge on any atom is -0.451 e. The van der Waals surface area contributed by atoms with Crippen molar-refractivity contribution >= 4 is 54.2 Å². The zero-order valence-electron chi connectivity index (χ0n) is 16.6. The van der Waals surface area contributed by atoms with Crippen molar-refractivity contribution in [3.05, 3.63) is 52.9 Å². The highest BCUT2D eigenvalue weighted by Crippen LogP contribution is 2.52. The molecule has 2 nitrogen and oxygen atoms in total. The molecule has 0 aliphatic carbocycles. The van der Waals surface area contributed by atoms with Crippen LogP contribution in [0.4, 0.5) is 0 Å². The minimum absolute atomic E-state index is 0.983.